The van der Waals surface area contributed by atoms with Crippen LogP contribution in [0.25, 0.3) is 60.1 Å². The molecule has 44 heteroatoms. The zero-order valence-corrected chi connectivity index (χ0v) is 46.4. The largest absolute Gasteiger partial charge is 1.00 e. The molecule has 0 aromatic carbocycles. The van der Waals surface area contributed by atoms with Gasteiger partial charge in [0.15, 0.2) is 0 Å². The van der Waals surface area contributed by atoms with Gasteiger partial charge in [-0.1, -0.05) is 6.57 Å². The molecule has 0 aliphatic rings. The van der Waals surface area contributed by atoms with Gasteiger partial charge in [0.05, 0.1) is 0 Å². The molecule has 5 aromatic rings. The Bertz CT molecular complexity index is 1500. The van der Waals surface area contributed by atoms with E-state index in [4.69, 9.17) is 60.2 Å². The molecule has 0 fully saturated rings. The summed E-state index contributed by atoms with van der Waals surface area (Å²) < 4.78 is 16.0. The molecular weight excluding hydrogens is 802 g/mol. The van der Waals surface area contributed by atoms with E-state index in [9.17, 15) is 0 Å². The molecule has 5 aromatic heterocycles. The van der Waals surface area contributed by atoms with Gasteiger partial charge < -0.3 is 84.8 Å². The van der Waals surface area contributed by atoms with Gasteiger partial charge in [0.1, 0.15) is 11.9 Å². The van der Waals surface area contributed by atoms with Crippen molar-refractivity contribution in [3.05, 3.63) is 56.6 Å². The predicted molar refractivity (Wildman–Crippen MR) is 149 cm³/mol. The first-order valence-electron chi connectivity index (χ1n) is 10.3. The minimum atomic E-state index is 0. The fourth-order valence-corrected chi connectivity index (χ4v) is 1.34. The maximum absolute atomic E-state index is 7.97. The van der Waals surface area contributed by atoms with Gasteiger partial charge in [0.2, 0.25) is 11.6 Å². The van der Waals surface area contributed by atoms with Crippen molar-refractivity contribution in [3.63, 3.8) is 0 Å². The van der Waals surface area contributed by atoms with E-state index in [-0.39, 0.29) is 279 Å². The Labute approximate surface area is 491 Å². The van der Waals surface area contributed by atoms with Gasteiger partial charge in [-0.2, -0.15) is 20.9 Å². The third-order valence-electron chi connectivity index (χ3n) is 2.49. The molecule has 0 aliphatic heterocycles. The quantitative estimate of drug-likeness (QED) is 0.0244. The third-order valence-corrected chi connectivity index (χ3v) is 2.49. The molecule has 0 amide bonds. The molecule has 5 heterocycles. The summed E-state index contributed by atoms with van der Waals surface area (Å²) in [5, 5.41) is 81.6. The van der Waals surface area contributed by atoms with Crippen LogP contribution >= 0.6 is 0 Å². The average Bonchev–Trinajstić information content (AvgIpc) is 3.97. The second kappa shape index (κ2) is 73.7. The predicted octanol–water partition coefficient (Wildman–Crippen LogP) is -29.0. The van der Waals surface area contributed by atoms with E-state index < -0.39 is 0 Å². The fourth-order valence-electron chi connectivity index (χ4n) is 1.34. The molecule has 5 radical (unpaired) electrons. The minimum Gasteiger partial charge on any atom is -1.00 e. The van der Waals surface area contributed by atoms with Crippen molar-refractivity contribution in [1.29, 1.82) is 18.5 Å². The first-order valence-corrected chi connectivity index (χ1v) is 8.46. The maximum Gasteiger partial charge on any atom is 1.00 e. The molecule has 0 unspecified atom stereocenters. The number of nitrogens with zero attached hydrogens (tertiary/aromatic N) is 30. The zero-order valence-electron chi connectivity index (χ0n) is 34.4. The van der Waals surface area contributed by atoms with E-state index in [1.807, 2.05) is 0 Å². The number of rotatable bonds is 2. The van der Waals surface area contributed by atoms with Crippen LogP contribution in [-0.4, -0.2) is 107 Å². The SMILES string of the molecule is C#N.N.N.N#Cc1nnn[n-]1.Nn1nnnc1-c1nnnn1N.[3H][B-].[3H][B].[3H][CH2-].[C-]#[N+]C#N.[H-].[N-]=[N+]=[N-].[N-]=[N+]=[N-].[Na+].[Na+].[Na+].[Na+].[Na+].[Na+].[Na+].[Na+].n1n[n-]c(-c2nnn[n-]2)n1. The summed E-state index contributed by atoms with van der Waals surface area (Å²) in [7, 11) is 10.0. The van der Waals surface area contributed by atoms with E-state index in [1.165, 1.54) is 16.0 Å². The van der Waals surface area contributed by atoms with Crippen LogP contribution in [-0.2, 0) is 0 Å². The monoisotopic (exact) mass is 825 g/mol. The van der Waals surface area contributed by atoms with Crippen molar-refractivity contribution in [1.82, 2.24) is 115 Å². The van der Waals surface area contributed by atoms with Gasteiger partial charge in [-0.3, -0.25) is 40.8 Å². The second-order valence-corrected chi connectivity index (χ2v) is 4.50. The van der Waals surface area contributed by atoms with Crippen molar-refractivity contribution in [2.45, 2.75) is 0 Å². The van der Waals surface area contributed by atoms with Crippen LogP contribution < -0.4 is 276 Å². The normalized spacial score (nSPS) is 6.06. The number of tetrazole rings is 5. The number of nitrogens with two attached hydrogens (primary N) is 2. The van der Waals surface area contributed by atoms with Crippen LogP contribution in [0.5, 0.6) is 0 Å². The molecule has 54 heavy (non-hydrogen) atoms. The van der Waals surface area contributed by atoms with Crippen LogP contribution in [0, 0.1) is 48.6 Å². The maximum atomic E-state index is 7.97. The molecule has 10 N–H and O–H groups in total. The van der Waals surface area contributed by atoms with Crippen molar-refractivity contribution in [2.24, 2.45) is 0 Å². The van der Waals surface area contributed by atoms with Gasteiger partial charge in [-0.15, -0.1) is 19.8 Å². The second-order valence-electron chi connectivity index (χ2n) is 4.50. The average molecular weight is 825 g/mol. The van der Waals surface area contributed by atoms with Crippen LogP contribution in [0.2, 0.25) is 0 Å². The summed E-state index contributed by atoms with van der Waals surface area (Å²) in [6.45, 7) is 9.22. The zero-order chi connectivity index (χ0) is 37.3. The topological polar surface area (TPSA) is 561 Å². The van der Waals surface area contributed by atoms with Crippen molar-refractivity contribution in [2.75, 3.05) is 11.7 Å². The summed E-state index contributed by atoms with van der Waals surface area (Å²) in [5.74, 6) is 11.5. The third kappa shape index (κ3) is 49.6. The Kier molecular flexibility index (Phi) is 117. The Balaban J connectivity index is -0.0000000255. The molecule has 241 valence electrons. The molecule has 5 rings (SSSR count). The van der Waals surface area contributed by atoms with Crippen molar-refractivity contribution >= 4 is 16.8 Å². The summed E-state index contributed by atoms with van der Waals surface area (Å²) in [6, 6.07) is 1.66. The van der Waals surface area contributed by atoms with E-state index in [1.54, 1.807) is 6.07 Å². The summed E-state index contributed by atoms with van der Waals surface area (Å²) in [4.78, 5) is 7.14. The van der Waals surface area contributed by atoms with E-state index >= 15 is 0 Å². The summed E-state index contributed by atoms with van der Waals surface area (Å²) in [5.41, 5.74) is 27.0. The van der Waals surface area contributed by atoms with Gasteiger partial charge in [0.25, 0.3) is 0 Å². The van der Waals surface area contributed by atoms with Crippen molar-refractivity contribution in [3.8, 4) is 42.1 Å². The van der Waals surface area contributed by atoms with E-state index in [0.717, 1.165) is 9.58 Å². The first-order chi connectivity index (χ1) is 22.9. The fraction of sp³-hybridized carbons (Fsp3) is 0. The Hall–Kier alpha value is -0.420. The molecule has 0 spiro atoms. The summed E-state index contributed by atoms with van der Waals surface area (Å²) in [6.07, 6.45) is 1.22. The Morgan fingerprint density at radius 2 is 1.00 bits per heavy atom. The van der Waals surface area contributed by atoms with Gasteiger partial charge in [0, 0.05) is 31.9 Å². The number of aromatic nitrogens is 20. The molecule has 0 saturated heterocycles. The number of hydrogen-bond donors (Lipinski definition) is 4. The van der Waals surface area contributed by atoms with Gasteiger partial charge in [-0.05, 0) is 22.2 Å². The molecule has 0 saturated carbocycles. The van der Waals surface area contributed by atoms with Crippen LogP contribution in [0.4, 0.5) is 0 Å². The van der Waals surface area contributed by atoms with Crippen LogP contribution in [0.3, 0.4) is 0 Å². The smallest absolute Gasteiger partial charge is 1.00 e. The van der Waals surface area contributed by atoms with E-state index in [2.05, 4.69) is 128 Å². The number of nitriles is 3. The Morgan fingerprint density at radius 3 is 1.15 bits per heavy atom. The van der Waals surface area contributed by atoms with Crippen molar-refractivity contribution < 1.29 is 239 Å². The first kappa shape index (κ1) is 85.7. The molecule has 34 nitrogen and oxygen atoms in total. The van der Waals surface area contributed by atoms with Gasteiger partial charge >= 0.3 is 243 Å². The molecule has 0 atom stereocenters. The molecule has 0 bridgehead atoms. The number of nitrogen functional groups attached to an aromatic ring is 2. The Morgan fingerprint density at radius 1 is 0.722 bits per heavy atom. The summed E-state index contributed by atoms with van der Waals surface area (Å²) >= 11 is 0. The van der Waals surface area contributed by atoms with Crippen LogP contribution in [0.15, 0.2) is 0 Å². The number of hydrogen-bond acceptors (Lipinski definition) is 22. The standard InChI is InChI=1S/C2H4N10.C2N8.C2N5.C2N2.CHN.CH3.2BH.2N3.2H3N.8Na.H/c3-11-1(5-7-9-11)2-6-8-10-12(2)4;3-1(4-8-7-3)2-5-9-10-6-2;3-1-2-4-6-7-5-2;1-4-2-3;1-2;;;;2*1-3-2;;;;;;;;;;;/h3-4H2;;;;1H;1H3;2*1H;;;2*1H3;;;;;;;;;/q;-2;-1;;;-1;;3*-1;;;8*+1;-1/i;;;;;3*1T;;;;;;;;;;;;;. The van der Waals surface area contributed by atoms with Crippen LogP contribution in [0.1, 0.15) is 8.62 Å². The van der Waals surface area contributed by atoms with E-state index in [0.29, 0.717) is 0 Å². The molecular formula is C10H17B2N34Na8. The molecule has 0 aliphatic carbocycles. The van der Waals surface area contributed by atoms with Gasteiger partial charge in [-0.25, -0.2) is 6.63 Å². The minimum absolute atomic E-state index is 0.